The van der Waals surface area contributed by atoms with Crippen LogP contribution in [0.15, 0.2) is 206 Å². The summed E-state index contributed by atoms with van der Waals surface area (Å²) in [6, 6.07) is 82.7. The Hall–Kier alpha value is -8.58. The third kappa shape index (κ3) is 16.9. The molecule has 0 amide bonds. The van der Waals surface area contributed by atoms with Gasteiger partial charge in [-0.3, -0.25) is 0 Å². The van der Waals surface area contributed by atoms with Crippen molar-refractivity contribution in [1.29, 1.82) is 0 Å². The van der Waals surface area contributed by atoms with Crippen molar-refractivity contribution in [1.82, 2.24) is 0 Å². The summed E-state index contributed by atoms with van der Waals surface area (Å²) >= 11 is 0. The molecule has 11 aromatic carbocycles. The molecule has 0 aliphatic rings. The van der Waals surface area contributed by atoms with Crippen LogP contribution < -0.4 is 0 Å². The molecule has 562 valence electrons. The first-order chi connectivity index (χ1) is 49.7. The second-order valence-electron chi connectivity index (χ2n) is 42.2. The molecule has 0 aromatic heterocycles. The summed E-state index contributed by atoms with van der Waals surface area (Å²) in [5, 5.41) is 0. The summed E-state index contributed by atoms with van der Waals surface area (Å²) in [6.07, 6.45) is 0. The first kappa shape index (κ1) is 80.4. The van der Waals surface area contributed by atoms with Gasteiger partial charge in [0, 0.05) is 0 Å². The van der Waals surface area contributed by atoms with Gasteiger partial charge in [-0.25, -0.2) is 0 Å². The Kier molecular flexibility index (Phi) is 21.1. The molecule has 11 rings (SSSR count). The Balaban J connectivity index is 1.45. The fraction of sp³-hybridized carbons (Fsp3) is 0.389. The molecular weight excluding hydrogens is 1300 g/mol. The SMILES string of the molecule is Cc1c(-c2cc(-c3cc(C(C)(C)C)cc(C(C)(C)C)c3)cc(-c3cc(C(C)(C)C)cc(C(C)(C)C)c3)c2)c(-c2ccccc2-c2ccccc2C(C)(C)C)c(C)c(-c2cc(-c3cc(C(C)(C)C)cc(C(C)(C)C)c3)cc(-c3cc(C(C)(C)C)cc(C(C)(C)C)c3)c2)c1-c1ccccc1-c1ccccc1C(C)(C)C. The molecule has 11 aromatic rings. The number of hydrogen-bond donors (Lipinski definition) is 0. The zero-order chi connectivity index (χ0) is 79.5. The van der Waals surface area contributed by atoms with Gasteiger partial charge in [-0.05, 0) is 282 Å². The molecule has 0 aliphatic carbocycles. The van der Waals surface area contributed by atoms with Crippen LogP contribution in [0.3, 0.4) is 0 Å². The highest BCUT2D eigenvalue weighted by Gasteiger charge is 2.33. The Morgan fingerprint density at radius 1 is 0.148 bits per heavy atom. The fourth-order valence-electron chi connectivity index (χ4n) is 15.9. The van der Waals surface area contributed by atoms with Gasteiger partial charge < -0.3 is 0 Å². The van der Waals surface area contributed by atoms with E-state index >= 15 is 0 Å². The molecule has 108 heavy (non-hydrogen) atoms. The Morgan fingerprint density at radius 2 is 0.315 bits per heavy atom. The lowest BCUT2D eigenvalue weighted by Crippen LogP contribution is -2.16. The van der Waals surface area contributed by atoms with Gasteiger partial charge in [0.15, 0.2) is 0 Å². The van der Waals surface area contributed by atoms with Crippen molar-refractivity contribution in [3.05, 3.63) is 273 Å². The topological polar surface area (TPSA) is 0 Å². The second-order valence-corrected chi connectivity index (χ2v) is 42.2. The van der Waals surface area contributed by atoms with Crippen LogP contribution >= 0.6 is 0 Å². The maximum Gasteiger partial charge on any atom is -0.00606 e. The minimum Gasteiger partial charge on any atom is -0.0619 e. The van der Waals surface area contributed by atoms with Gasteiger partial charge in [0.25, 0.3) is 0 Å². The molecule has 0 heterocycles. The molecule has 0 nitrogen and oxygen atoms in total. The molecule has 0 atom stereocenters. The molecule has 0 N–H and O–H groups in total. The highest BCUT2D eigenvalue weighted by Crippen LogP contribution is 2.55. The second kappa shape index (κ2) is 28.4. The lowest BCUT2D eigenvalue weighted by molar-refractivity contribution is 0.568. The summed E-state index contributed by atoms with van der Waals surface area (Å²) in [6.45, 7) is 76.2. The van der Waals surface area contributed by atoms with E-state index in [1.165, 1.54) is 178 Å². The molecule has 0 radical (unpaired) electrons. The minimum absolute atomic E-state index is 0.109. The van der Waals surface area contributed by atoms with E-state index < -0.39 is 0 Å². The van der Waals surface area contributed by atoms with Gasteiger partial charge in [-0.1, -0.05) is 378 Å². The van der Waals surface area contributed by atoms with Crippen molar-refractivity contribution >= 4 is 0 Å². The van der Waals surface area contributed by atoms with E-state index in [0.29, 0.717) is 0 Å². The summed E-state index contributed by atoms with van der Waals surface area (Å²) < 4.78 is 0. The van der Waals surface area contributed by atoms with E-state index in [9.17, 15) is 0 Å². The van der Waals surface area contributed by atoms with Gasteiger partial charge in [0.05, 0.1) is 0 Å². The third-order valence-electron chi connectivity index (χ3n) is 22.9. The lowest BCUT2D eigenvalue weighted by atomic mass is 9.73. The maximum atomic E-state index is 2.58. The summed E-state index contributed by atoms with van der Waals surface area (Å²) in [5.74, 6) is 0. The van der Waals surface area contributed by atoms with Gasteiger partial charge in [0.2, 0.25) is 0 Å². The number of rotatable bonds is 10. The van der Waals surface area contributed by atoms with Crippen molar-refractivity contribution in [2.24, 2.45) is 0 Å². The Labute approximate surface area is 655 Å². The van der Waals surface area contributed by atoms with Crippen LogP contribution in [0.1, 0.15) is 274 Å². The molecule has 0 spiro atoms. The van der Waals surface area contributed by atoms with Crippen LogP contribution in [0.5, 0.6) is 0 Å². The van der Waals surface area contributed by atoms with Crippen LogP contribution in [-0.4, -0.2) is 0 Å². The Bertz CT molecular complexity index is 4570. The van der Waals surface area contributed by atoms with Crippen molar-refractivity contribution < 1.29 is 0 Å². The van der Waals surface area contributed by atoms with Crippen LogP contribution in [0, 0.1) is 13.8 Å². The normalized spacial score (nSPS) is 13.2. The summed E-state index contributed by atoms with van der Waals surface area (Å²) in [5.41, 5.74) is 39.0. The van der Waals surface area contributed by atoms with E-state index in [1.807, 2.05) is 0 Å². The molecule has 0 saturated heterocycles. The van der Waals surface area contributed by atoms with Crippen LogP contribution in [0.4, 0.5) is 0 Å². The molecule has 0 aliphatic heterocycles. The van der Waals surface area contributed by atoms with Gasteiger partial charge in [0.1, 0.15) is 0 Å². The zero-order valence-electron chi connectivity index (χ0n) is 72.6. The maximum absolute atomic E-state index is 2.58. The average Bonchev–Trinajstić information content (AvgIpc) is 0.716. The molecule has 0 unspecified atom stereocenters. The zero-order valence-corrected chi connectivity index (χ0v) is 72.6. The Morgan fingerprint density at radius 3 is 0.509 bits per heavy atom. The fourth-order valence-corrected chi connectivity index (χ4v) is 15.9. The predicted octanol–water partition coefficient (Wildman–Crippen LogP) is 31.9. The number of hydrogen-bond acceptors (Lipinski definition) is 0. The summed E-state index contributed by atoms with van der Waals surface area (Å²) in [4.78, 5) is 0. The first-order valence-electron chi connectivity index (χ1n) is 40.2. The van der Waals surface area contributed by atoms with Crippen LogP contribution in [-0.2, 0) is 54.1 Å². The largest absolute Gasteiger partial charge is 0.0619 e. The van der Waals surface area contributed by atoms with E-state index in [-0.39, 0.29) is 54.1 Å². The highest BCUT2D eigenvalue weighted by molar-refractivity contribution is 6.07. The first-order valence-corrected chi connectivity index (χ1v) is 40.2. The lowest BCUT2D eigenvalue weighted by Gasteiger charge is -2.30. The van der Waals surface area contributed by atoms with E-state index in [0.717, 1.165) is 0 Å². The average molecular weight is 1430 g/mol. The van der Waals surface area contributed by atoms with Crippen LogP contribution in [0.25, 0.3) is 111 Å². The van der Waals surface area contributed by atoms with Crippen LogP contribution in [0.2, 0.25) is 0 Å². The van der Waals surface area contributed by atoms with Crippen molar-refractivity contribution in [3.8, 4) is 111 Å². The highest BCUT2D eigenvalue weighted by atomic mass is 14.4. The van der Waals surface area contributed by atoms with Gasteiger partial charge in [-0.15, -0.1) is 0 Å². The molecule has 0 heteroatoms. The number of benzene rings is 11. The van der Waals surface area contributed by atoms with E-state index in [4.69, 9.17) is 0 Å². The summed E-state index contributed by atoms with van der Waals surface area (Å²) in [7, 11) is 0. The molecule has 0 bridgehead atoms. The molecule has 0 fully saturated rings. The minimum atomic E-state index is -0.158. The monoisotopic (exact) mass is 1430 g/mol. The van der Waals surface area contributed by atoms with Crippen molar-refractivity contribution in [2.45, 2.75) is 276 Å². The predicted molar refractivity (Wildman–Crippen MR) is 477 cm³/mol. The van der Waals surface area contributed by atoms with E-state index in [2.05, 4.69) is 428 Å². The standard InChI is InChI=1S/C108H130/c1-67-95(77-51-69(73-55-79(99(3,4)5)63-80(56-73)100(6,7)8)49-70(52-77)74-57-81(101(9,10)11)64-82(58-74)102(12,13)14)98(92-46-36-34-42-88(92)90-44-38-40-48-94(90)108(30,31)32)68(2)96(97(67)91-45-35-33-41-87(91)89-43-37-39-47-93(89)107(27,28)29)78-53-71(75-59-83(103(15,16)17)65-84(60-75)104(18,19)20)50-72(54-78)76-61-85(105(21,22)23)66-86(62-76)106(24,25)26/h33-66H,1-32H3. The smallest absolute Gasteiger partial charge is 0.00606 e. The van der Waals surface area contributed by atoms with Gasteiger partial charge in [-0.2, -0.15) is 0 Å². The third-order valence-corrected chi connectivity index (χ3v) is 22.9. The van der Waals surface area contributed by atoms with E-state index in [1.54, 1.807) is 0 Å². The van der Waals surface area contributed by atoms with Crippen molar-refractivity contribution in [2.75, 3.05) is 0 Å². The molecular formula is C108H130. The van der Waals surface area contributed by atoms with Gasteiger partial charge >= 0.3 is 0 Å². The molecule has 0 saturated carbocycles. The quantitative estimate of drug-likeness (QED) is 0.128. The van der Waals surface area contributed by atoms with Crippen molar-refractivity contribution in [3.63, 3.8) is 0 Å².